The number of rotatable bonds is 5. The highest BCUT2D eigenvalue weighted by atomic mass is 16.3. The van der Waals surface area contributed by atoms with Gasteiger partial charge >= 0.3 is 0 Å². The molecule has 0 aliphatic heterocycles. The minimum Gasteiger partial charge on any atom is -0.510 e. The molecule has 2 unspecified atom stereocenters. The van der Waals surface area contributed by atoms with Crippen LogP contribution in [0.3, 0.4) is 0 Å². The zero-order valence-corrected chi connectivity index (χ0v) is 16.1. The molecule has 1 fully saturated rings. The summed E-state index contributed by atoms with van der Waals surface area (Å²) < 4.78 is 0. The predicted octanol–water partition coefficient (Wildman–Crippen LogP) is 5.13. The maximum atomic E-state index is 12.5. The average molecular weight is 392 g/mol. The van der Waals surface area contributed by atoms with Gasteiger partial charge in [0.15, 0.2) is 11.5 Å². The first kappa shape index (κ1) is 19.2. The zero-order valence-electron chi connectivity index (χ0n) is 16.1. The second-order valence-corrected chi connectivity index (χ2v) is 7.78. The fourth-order valence-electron chi connectivity index (χ4n) is 4.24. The Labute approximate surface area is 169 Å². The highest BCUT2D eigenvalue weighted by Gasteiger charge is 2.43. The van der Waals surface area contributed by atoms with E-state index in [1.807, 2.05) is 24.3 Å². The van der Waals surface area contributed by atoms with Crippen molar-refractivity contribution in [1.29, 1.82) is 0 Å². The van der Waals surface area contributed by atoms with E-state index in [0.29, 0.717) is 24.1 Å². The number of nitrogens with zero attached hydrogens (tertiary/aromatic N) is 2. The molecule has 0 aromatic heterocycles. The van der Waals surface area contributed by atoms with E-state index < -0.39 is 0 Å². The minimum atomic E-state index is -0.131. The number of fused-ring (bicyclic) bond motifs is 1. The summed E-state index contributed by atoms with van der Waals surface area (Å²) in [6, 6.07) is 12.0. The molecular formula is C23H24N2O4. The maximum absolute atomic E-state index is 12.5. The molecule has 0 radical (unpaired) electrons. The monoisotopic (exact) mass is 392 g/mol. The van der Waals surface area contributed by atoms with Crippen LogP contribution in [0.15, 0.2) is 64.1 Å². The van der Waals surface area contributed by atoms with Crippen LogP contribution in [0.4, 0.5) is 5.69 Å². The lowest BCUT2D eigenvalue weighted by Gasteiger charge is -2.23. The average Bonchev–Trinajstić information content (AvgIpc) is 2.98. The summed E-state index contributed by atoms with van der Waals surface area (Å²) in [4.78, 5) is 12.5. The molecule has 0 amide bonds. The Hall–Kier alpha value is -3.15. The Morgan fingerprint density at radius 3 is 2.31 bits per heavy atom. The van der Waals surface area contributed by atoms with Crippen molar-refractivity contribution in [2.24, 2.45) is 22.1 Å². The van der Waals surface area contributed by atoms with Crippen molar-refractivity contribution in [3.8, 4) is 11.5 Å². The predicted molar refractivity (Wildman–Crippen MR) is 108 cm³/mol. The Balaban J connectivity index is 1.41. The molecule has 6 nitrogen and oxygen atoms in total. The number of aliphatic hydroxyl groups excluding tert-OH is 1. The highest BCUT2D eigenvalue weighted by Crippen LogP contribution is 2.43. The Bertz CT molecular complexity index is 979. The minimum absolute atomic E-state index is 0.0820. The van der Waals surface area contributed by atoms with E-state index in [9.17, 15) is 20.1 Å². The summed E-state index contributed by atoms with van der Waals surface area (Å²) >= 11 is 0. The third-order valence-corrected chi connectivity index (χ3v) is 5.88. The summed E-state index contributed by atoms with van der Waals surface area (Å²) in [5.74, 6) is 0.107. The first-order valence-corrected chi connectivity index (χ1v) is 10.0. The molecule has 1 saturated carbocycles. The molecule has 0 spiro atoms. The number of ketones is 1. The van der Waals surface area contributed by atoms with Crippen molar-refractivity contribution in [3.05, 3.63) is 65.0 Å². The first-order valence-electron chi connectivity index (χ1n) is 10.0. The zero-order chi connectivity index (χ0) is 20.4. The lowest BCUT2D eigenvalue weighted by molar-refractivity contribution is -0.120. The van der Waals surface area contributed by atoms with Gasteiger partial charge in [0.1, 0.15) is 17.3 Å². The van der Waals surface area contributed by atoms with Crippen LogP contribution in [0.1, 0.15) is 36.8 Å². The van der Waals surface area contributed by atoms with Crippen LogP contribution in [-0.4, -0.2) is 21.1 Å². The van der Waals surface area contributed by atoms with Gasteiger partial charge in [-0.3, -0.25) is 4.79 Å². The Kier molecular flexibility index (Phi) is 5.34. The molecule has 0 heterocycles. The summed E-state index contributed by atoms with van der Waals surface area (Å²) in [5.41, 5.74) is 2.47. The summed E-state index contributed by atoms with van der Waals surface area (Å²) in [6.07, 6.45) is 5.00. The van der Waals surface area contributed by atoms with Crippen molar-refractivity contribution in [1.82, 2.24) is 0 Å². The van der Waals surface area contributed by atoms with Gasteiger partial charge in [-0.1, -0.05) is 25.0 Å². The van der Waals surface area contributed by atoms with Gasteiger partial charge in [-0.25, -0.2) is 0 Å². The number of aryl methyl sites for hydroxylation is 2. The number of hydrogen-bond donors (Lipinski definition) is 3. The van der Waals surface area contributed by atoms with Gasteiger partial charge in [0.05, 0.1) is 5.69 Å². The summed E-state index contributed by atoms with van der Waals surface area (Å²) in [7, 11) is 0. The third kappa shape index (κ3) is 4.01. The molecule has 0 bridgehead atoms. The van der Waals surface area contributed by atoms with Crippen molar-refractivity contribution >= 4 is 11.5 Å². The van der Waals surface area contributed by atoms with Crippen LogP contribution < -0.4 is 0 Å². The number of allylic oxidation sites excluding steroid dienone is 2. The molecule has 2 aliphatic carbocycles. The van der Waals surface area contributed by atoms with Gasteiger partial charge in [0.25, 0.3) is 0 Å². The Morgan fingerprint density at radius 2 is 1.59 bits per heavy atom. The molecule has 150 valence electrons. The lowest BCUT2D eigenvalue weighted by Crippen LogP contribution is -2.21. The van der Waals surface area contributed by atoms with E-state index in [4.69, 9.17) is 0 Å². The molecule has 29 heavy (non-hydrogen) atoms. The lowest BCUT2D eigenvalue weighted by atomic mass is 9.80. The van der Waals surface area contributed by atoms with E-state index in [1.165, 1.54) is 12.1 Å². The molecule has 3 N–H and O–H groups in total. The van der Waals surface area contributed by atoms with Crippen molar-refractivity contribution in [2.75, 3.05) is 0 Å². The Morgan fingerprint density at radius 1 is 0.862 bits per heavy atom. The quantitative estimate of drug-likeness (QED) is 0.485. The number of hydrogen-bond acceptors (Lipinski definition) is 6. The fraction of sp³-hybridized carbons (Fsp3) is 0.348. The van der Waals surface area contributed by atoms with Crippen molar-refractivity contribution in [2.45, 2.75) is 38.5 Å². The molecule has 4 rings (SSSR count). The van der Waals surface area contributed by atoms with Crippen molar-refractivity contribution < 1.29 is 20.1 Å². The molecule has 6 heteroatoms. The van der Waals surface area contributed by atoms with Gasteiger partial charge in [-0.2, -0.15) is 5.11 Å². The third-order valence-electron chi connectivity index (χ3n) is 5.88. The standard InChI is InChI=1S/C23H24N2O4/c26-17-11-12-20(27)15(13-17)8-5-14-6-9-16(10-7-14)24-25-21-22(28)18-3-1-2-4-19(18)23(21)29/h6-7,9-13,18-19,26-28H,1-5,8H2. The van der Waals surface area contributed by atoms with E-state index in [2.05, 4.69) is 10.2 Å². The largest absolute Gasteiger partial charge is 0.510 e. The van der Waals surface area contributed by atoms with Crippen LogP contribution >= 0.6 is 0 Å². The van der Waals surface area contributed by atoms with Crippen LogP contribution in [0.2, 0.25) is 0 Å². The second kappa shape index (κ2) is 8.07. The highest BCUT2D eigenvalue weighted by molar-refractivity contribution is 6.00. The molecule has 2 aromatic rings. The number of aliphatic hydroxyl groups is 1. The van der Waals surface area contributed by atoms with E-state index in [1.54, 1.807) is 6.07 Å². The van der Waals surface area contributed by atoms with Gasteiger partial charge in [-0.05, 0) is 67.1 Å². The molecular weight excluding hydrogens is 368 g/mol. The molecule has 2 aromatic carbocycles. The first-order chi connectivity index (χ1) is 14.0. The smallest absolute Gasteiger partial charge is 0.190 e. The van der Waals surface area contributed by atoms with Gasteiger partial charge in [-0.15, -0.1) is 5.11 Å². The van der Waals surface area contributed by atoms with Gasteiger partial charge in [0.2, 0.25) is 0 Å². The van der Waals surface area contributed by atoms with Crippen molar-refractivity contribution in [3.63, 3.8) is 0 Å². The molecule has 2 atom stereocenters. The summed E-state index contributed by atoms with van der Waals surface area (Å²) in [6.45, 7) is 0. The van der Waals surface area contributed by atoms with Gasteiger partial charge in [0, 0.05) is 11.8 Å². The number of benzene rings is 2. The number of carbonyl (C=O) groups excluding carboxylic acids is 1. The van der Waals surface area contributed by atoms with Gasteiger partial charge < -0.3 is 15.3 Å². The van der Waals surface area contributed by atoms with E-state index >= 15 is 0 Å². The maximum Gasteiger partial charge on any atom is 0.190 e. The van der Waals surface area contributed by atoms with E-state index in [0.717, 1.165) is 31.2 Å². The fourth-order valence-corrected chi connectivity index (χ4v) is 4.24. The normalized spacial score (nSPS) is 21.7. The van der Waals surface area contributed by atoms with Crippen LogP contribution in [0, 0.1) is 11.8 Å². The SMILES string of the molecule is O=C1C(N=Nc2ccc(CCc3cc(O)ccc3O)cc2)=C(O)C2CCCCC12. The number of aromatic hydroxyl groups is 2. The topological polar surface area (TPSA) is 102 Å². The van der Waals surface area contributed by atoms with E-state index in [-0.39, 0.29) is 40.6 Å². The number of phenolic OH excluding ortho intramolecular Hbond substituents is 2. The number of carbonyl (C=O) groups is 1. The van der Waals surface area contributed by atoms with Crippen LogP contribution in [0.5, 0.6) is 11.5 Å². The summed E-state index contributed by atoms with van der Waals surface area (Å²) in [5, 5.41) is 38.0. The number of azo groups is 1. The molecule has 2 aliphatic rings. The van der Waals surface area contributed by atoms with Crippen LogP contribution in [-0.2, 0) is 17.6 Å². The second-order valence-electron chi connectivity index (χ2n) is 7.78. The van der Waals surface area contributed by atoms with Crippen LogP contribution in [0.25, 0.3) is 0 Å². The molecule has 0 saturated heterocycles. The number of phenols is 2. The number of Topliss-reactive ketones (excluding diaryl/α,β-unsaturated/α-hetero) is 1.